The predicted octanol–water partition coefficient (Wildman–Crippen LogP) is 2.67. The fourth-order valence-electron chi connectivity index (χ4n) is 2.07. The molecule has 0 fully saturated rings. The maximum atomic E-state index is 12.0. The molecule has 2 amide bonds. The van der Waals surface area contributed by atoms with Gasteiger partial charge in [0, 0.05) is 0 Å². The van der Waals surface area contributed by atoms with E-state index in [-0.39, 0.29) is 6.61 Å². The first-order valence-corrected chi connectivity index (χ1v) is 8.12. The molecular formula is C18H26N2O6. The minimum atomic E-state index is -1.42. The minimum absolute atomic E-state index is 0.00106. The summed E-state index contributed by atoms with van der Waals surface area (Å²) in [5.74, 6) is -1.32. The summed E-state index contributed by atoms with van der Waals surface area (Å²) in [7, 11) is 0. The number of carbonyl (C=O) groups excluding carboxylic acids is 2. The Labute approximate surface area is 152 Å². The molecule has 144 valence electrons. The molecule has 0 radical (unpaired) electrons. The van der Waals surface area contributed by atoms with Crippen molar-refractivity contribution in [1.82, 2.24) is 10.6 Å². The second-order valence-electron chi connectivity index (χ2n) is 7.33. The van der Waals surface area contributed by atoms with Crippen molar-refractivity contribution in [2.24, 2.45) is 0 Å². The van der Waals surface area contributed by atoms with Crippen LogP contribution in [0.5, 0.6) is 0 Å². The Morgan fingerprint density at radius 3 is 2.12 bits per heavy atom. The first-order valence-electron chi connectivity index (χ1n) is 8.12. The maximum absolute atomic E-state index is 12.0. The molecule has 1 aromatic carbocycles. The number of nitrogens with one attached hydrogen (secondary N) is 2. The van der Waals surface area contributed by atoms with Crippen LogP contribution >= 0.6 is 0 Å². The first-order chi connectivity index (χ1) is 11.9. The first kappa shape index (κ1) is 21.3. The molecule has 0 bridgehead atoms. The number of benzene rings is 1. The zero-order valence-corrected chi connectivity index (χ0v) is 15.7. The highest BCUT2D eigenvalue weighted by molar-refractivity contribution is 5.82. The summed E-state index contributed by atoms with van der Waals surface area (Å²) < 4.78 is 10.2. The third kappa shape index (κ3) is 7.42. The highest BCUT2D eigenvalue weighted by Gasteiger charge is 2.39. The molecule has 0 saturated carbocycles. The Morgan fingerprint density at radius 1 is 1.04 bits per heavy atom. The van der Waals surface area contributed by atoms with Crippen molar-refractivity contribution in [3.8, 4) is 0 Å². The Morgan fingerprint density at radius 2 is 1.62 bits per heavy atom. The van der Waals surface area contributed by atoms with Crippen LogP contribution < -0.4 is 10.6 Å². The lowest BCUT2D eigenvalue weighted by atomic mass is 9.95. The van der Waals surface area contributed by atoms with Crippen molar-refractivity contribution in [1.29, 1.82) is 0 Å². The van der Waals surface area contributed by atoms with Crippen LogP contribution in [0.15, 0.2) is 30.3 Å². The number of carboxylic acids is 1. The summed E-state index contributed by atoms with van der Waals surface area (Å²) in [6.07, 6.45) is -1.69. The van der Waals surface area contributed by atoms with Gasteiger partial charge in [-0.3, -0.25) is 0 Å². The van der Waals surface area contributed by atoms with E-state index >= 15 is 0 Å². The van der Waals surface area contributed by atoms with Gasteiger partial charge in [0.05, 0.1) is 5.54 Å². The number of amides is 2. The number of ether oxygens (including phenoxy) is 2. The van der Waals surface area contributed by atoms with Gasteiger partial charge >= 0.3 is 18.2 Å². The molecule has 1 rings (SSSR count). The monoisotopic (exact) mass is 366 g/mol. The van der Waals surface area contributed by atoms with Crippen LogP contribution in [0.3, 0.4) is 0 Å². The van der Waals surface area contributed by atoms with Gasteiger partial charge in [0.15, 0.2) is 6.04 Å². The predicted molar refractivity (Wildman–Crippen MR) is 94.6 cm³/mol. The molecule has 0 aromatic heterocycles. The van der Waals surface area contributed by atoms with Crippen molar-refractivity contribution < 1.29 is 29.0 Å². The van der Waals surface area contributed by atoms with Crippen molar-refractivity contribution in [2.45, 2.75) is 58.4 Å². The van der Waals surface area contributed by atoms with E-state index in [2.05, 4.69) is 10.6 Å². The molecule has 0 aliphatic carbocycles. The SMILES string of the molecule is CC(C)(C)OC(=O)NC(C)(C)[C@@H](NC(=O)OCc1ccccc1)C(=O)O. The van der Waals surface area contributed by atoms with Gasteiger partial charge in [-0.2, -0.15) is 0 Å². The summed E-state index contributed by atoms with van der Waals surface area (Å²) >= 11 is 0. The standard InChI is InChI=1S/C18H26N2O6/c1-17(2,3)26-16(24)20-18(4,5)13(14(21)22)19-15(23)25-11-12-9-7-6-8-10-12/h6-10,13H,11H2,1-5H3,(H,19,23)(H,20,24)(H,21,22)/t13-/m0/s1. The smallest absolute Gasteiger partial charge is 0.408 e. The number of rotatable bonds is 6. The molecule has 8 heteroatoms. The van der Waals surface area contributed by atoms with E-state index in [0.29, 0.717) is 0 Å². The topological polar surface area (TPSA) is 114 Å². The molecule has 26 heavy (non-hydrogen) atoms. The zero-order chi connectivity index (χ0) is 20.0. The minimum Gasteiger partial charge on any atom is -0.480 e. The van der Waals surface area contributed by atoms with Crippen LogP contribution in [0.1, 0.15) is 40.2 Å². The van der Waals surface area contributed by atoms with Gasteiger partial charge < -0.3 is 25.2 Å². The highest BCUT2D eigenvalue weighted by Crippen LogP contribution is 2.14. The number of carboxylic acid groups (broad SMARTS) is 1. The van der Waals surface area contributed by atoms with E-state index in [1.54, 1.807) is 45.0 Å². The molecule has 0 aliphatic rings. The molecule has 1 atom stereocenters. The molecule has 0 saturated heterocycles. The summed E-state index contributed by atoms with van der Waals surface area (Å²) in [4.78, 5) is 35.4. The molecular weight excluding hydrogens is 340 g/mol. The van der Waals surface area contributed by atoms with Gasteiger partial charge in [-0.25, -0.2) is 14.4 Å². The number of aliphatic carboxylic acids is 1. The fourth-order valence-corrected chi connectivity index (χ4v) is 2.07. The second kappa shape index (κ2) is 8.55. The number of alkyl carbamates (subject to hydrolysis) is 2. The lowest BCUT2D eigenvalue weighted by molar-refractivity contribution is -0.141. The number of hydrogen-bond acceptors (Lipinski definition) is 5. The molecule has 0 unspecified atom stereocenters. The number of carbonyl (C=O) groups is 3. The summed E-state index contributed by atoms with van der Waals surface area (Å²) in [6, 6.07) is 7.55. The van der Waals surface area contributed by atoms with Crippen molar-refractivity contribution in [3.05, 3.63) is 35.9 Å². The van der Waals surface area contributed by atoms with Gasteiger partial charge in [-0.1, -0.05) is 30.3 Å². The average Bonchev–Trinajstić information content (AvgIpc) is 2.48. The van der Waals surface area contributed by atoms with Crippen LogP contribution in [0.2, 0.25) is 0 Å². The molecule has 8 nitrogen and oxygen atoms in total. The van der Waals surface area contributed by atoms with E-state index in [9.17, 15) is 19.5 Å². The fraction of sp³-hybridized carbons (Fsp3) is 0.500. The van der Waals surface area contributed by atoms with E-state index in [1.165, 1.54) is 13.8 Å². The zero-order valence-electron chi connectivity index (χ0n) is 15.7. The molecule has 0 aliphatic heterocycles. The third-order valence-corrected chi connectivity index (χ3v) is 3.27. The lowest BCUT2D eigenvalue weighted by Gasteiger charge is -2.33. The maximum Gasteiger partial charge on any atom is 0.408 e. The average molecular weight is 366 g/mol. The van der Waals surface area contributed by atoms with Gasteiger partial charge in [0.2, 0.25) is 0 Å². The molecule has 3 N–H and O–H groups in total. The van der Waals surface area contributed by atoms with Gasteiger partial charge in [0.1, 0.15) is 12.2 Å². The van der Waals surface area contributed by atoms with Gasteiger partial charge in [-0.15, -0.1) is 0 Å². The van der Waals surface area contributed by atoms with E-state index in [1.807, 2.05) is 6.07 Å². The van der Waals surface area contributed by atoms with Crippen molar-refractivity contribution in [2.75, 3.05) is 0 Å². The Bertz CT molecular complexity index is 637. The van der Waals surface area contributed by atoms with E-state index in [4.69, 9.17) is 9.47 Å². The number of hydrogen-bond donors (Lipinski definition) is 3. The molecule has 0 spiro atoms. The normalized spacial score (nSPS) is 12.7. The molecule has 0 heterocycles. The van der Waals surface area contributed by atoms with E-state index < -0.39 is 35.3 Å². The summed E-state index contributed by atoms with van der Waals surface area (Å²) in [5, 5.41) is 14.2. The summed E-state index contributed by atoms with van der Waals surface area (Å²) in [6.45, 7) is 7.99. The Balaban J connectivity index is 2.69. The highest BCUT2D eigenvalue weighted by atomic mass is 16.6. The Kier molecular flexibility index (Phi) is 7.00. The van der Waals surface area contributed by atoms with E-state index in [0.717, 1.165) is 5.56 Å². The van der Waals surface area contributed by atoms with Crippen LogP contribution in [0.25, 0.3) is 0 Å². The van der Waals surface area contributed by atoms with Crippen LogP contribution in [0.4, 0.5) is 9.59 Å². The van der Waals surface area contributed by atoms with Crippen molar-refractivity contribution >= 4 is 18.2 Å². The quantitative estimate of drug-likeness (QED) is 0.713. The van der Waals surface area contributed by atoms with Gasteiger partial charge in [0.25, 0.3) is 0 Å². The van der Waals surface area contributed by atoms with Crippen LogP contribution in [0, 0.1) is 0 Å². The third-order valence-electron chi connectivity index (χ3n) is 3.27. The lowest BCUT2D eigenvalue weighted by Crippen LogP contribution is -2.62. The molecule has 1 aromatic rings. The largest absolute Gasteiger partial charge is 0.480 e. The van der Waals surface area contributed by atoms with Crippen LogP contribution in [-0.2, 0) is 20.9 Å². The van der Waals surface area contributed by atoms with Crippen molar-refractivity contribution in [3.63, 3.8) is 0 Å². The van der Waals surface area contributed by atoms with Gasteiger partial charge in [-0.05, 0) is 40.2 Å². The second-order valence-corrected chi connectivity index (χ2v) is 7.33. The van der Waals surface area contributed by atoms with Crippen LogP contribution in [-0.4, -0.2) is 40.4 Å². The summed E-state index contributed by atoms with van der Waals surface area (Å²) in [5.41, 5.74) is -1.29. The Hall–Kier alpha value is -2.77.